The maximum atomic E-state index is 12.0. The molecular weight excluding hydrogens is 394 g/mol. The number of ether oxygens (including phenoxy) is 1. The minimum Gasteiger partial charge on any atom is -0.473 e. The maximum Gasteiger partial charge on any atom is 0.262 e. The van der Waals surface area contributed by atoms with Gasteiger partial charge in [-0.25, -0.2) is 4.52 Å². The van der Waals surface area contributed by atoms with Crippen LogP contribution in [0.5, 0.6) is 5.88 Å². The Balaban J connectivity index is 1.37. The topological polar surface area (TPSA) is 108 Å². The number of amides is 1. The van der Waals surface area contributed by atoms with Gasteiger partial charge in [0, 0.05) is 18.2 Å². The fraction of sp³-hybridized carbons (Fsp3) is 0.261. The Morgan fingerprint density at radius 1 is 1.29 bits per heavy atom. The molecule has 8 heteroatoms. The molecule has 1 atom stereocenters. The summed E-state index contributed by atoms with van der Waals surface area (Å²) in [7, 11) is 0. The minimum atomic E-state index is -0.277. The highest BCUT2D eigenvalue weighted by Gasteiger charge is 2.30. The number of anilines is 1. The molecular formula is C23H23N5O3. The predicted molar refractivity (Wildman–Crippen MR) is 116 cm³/mol. The van der Waals surface area contributed by atoms with Crippen LogP contribution in [-0.4, -0.2) is 27.3 Å². The summed E-state index contributed by atoms with van der Waals surface area (Å²) in [6.07, 6.45) is 3.74. The van der Waals surface area contributed by atoms with E-state index in [4.69, 9.17) is 15.0 Å². The van der Waals surface area contributed by atoms with Gasteiger partial charge < -0.3 is 20.3 Å². The Labute approximate surface area is 179 Å². The van der Waals surface area contributed by atoms with Crippen LogP contribution >= 0.6 is 0 Å². The molecule has 3 heterocycles. The third-order valence-corrected chi connectivity index (χ3v) is 5.41. The molecule has 1 aliphatic rings. The molecule has 1 aliphatic carbocycles. The molecule has 0 radical (unpaired) electrons. The van der Waals surface area contributed by atoms with Crippen LogP contribution in [0.1, 0.15) is 30.2 Å². The zero-order valence-corrected chi connectivity index (χ0v) is 17.1. The molecule has 8 nitrogen and oxygen atoms in total. The van der Waals surface area contributed by atoms with Crippen molar-refractivity contribution in [3.63, 3.8) is 0 Å². The number of hydrogen-bond acceptors (Lipinski definition) is 6. The van der Waals surface area contributed by atoms with E-state index in [1.165, 1.54) is 0 Å². The SMILES string of the molecule is Cc1onc(OC[C@@H](N)c2ccccc2)c1-c1ccn2nc(NC(=O)C3CC3)cc2c1. The standard InChI is InChI=1S/C23H23N5O3/c1-14-21(23(27-31-14)30-13-19(24)15-5-3-2-4-6-15)17-9-10-28-18(11-17)12-20(26-28)25-22(29)16-7-8-16/h2-6,9-12,16,19H,7-8,13,24H2,1H3,(H,25,26,29)/t19-/m1/s1. The average Bonchev–Trinajstić information content (AvgIpc) is 3.47. The van der Waals surface area contributed by atoms with Crippen molar-refractivity contribution >= 4 is 17.2 Å². The molecule has 0 unspecified atom stereocenters. The van der Waals surface area contributed by atoms with Crippen LogP contribution in [0, 0.1) is 12.8 Å². The number of aryl methyl sites for hydroxylation is 1. The Morgan fingerprint density at radius 3 is 2.87 bits per heavy atom. The smallest absolute Gasteiger partial charge is 0.262 e. The van der Waals surface area contributed by atoms with Crippen LogP contribution < -0.4 is 15.8 Å². The Hall–Kier alpha value is -3.65. The van der Waals surface area contributed by atoms with E-state index >= 15 is 0 Å². The first-order chi connectivity index (χ1) is 15.1. The fourth-order valence-corrected chi connectivity index (χ4v) is 3.53. The minimum absolute atomic E-state index is 0.0314. The molecule has 1 aromatic carbocycles. The molecule has 1 amide bonds. The quantitative estimate of drug-likeness (QED) is 0.474. The molecule has 5 rings (SSSR count). The van der Waals surface area contributed by atoms with E-state index in [-0.39, 0.29) is 24.5 Å². The molecule has 158 valence electrons. The predicted octanol–water partition coefficient (Wildman–Crippen LogP) is 3.73. The van der Waals surface area contributed by atoms with E-state index in [9.17, 15) is 4.79 Å². The highest BCUT2D eigenvalue weighted by molar-refractivity contribution is 5.93. The van der Waals surface area contributed by atoms with Gasteiger partial charge in [-0.15, -0.1) is 0 Å². The first kappa shape index (κ1) is 19.3. The van der Waals surface area contributed by atoms with Gasteiger partial charge in [0.15, 0.2) is 5.82 Å². The van der Waals surface area contributed by atoms with Crippen molar-refractivity contribution in [2.45, 2.75) is 25.8 Å². The Morgan fingerprint density at radius 2 is 2.10 bits per heavy atom. The zero-order chi connectivity index (χ0) is 21.4. The molecule has 0 aliphatic heterocycles. The first-order valence-electron chi connectivity index (χ1n) is 10.3. The van der Waals surface area contributed by atoms with Gasteiger partial charge in [-0.1, -0.05) is 30.3 Å². The maximum absolute atomic E-state index is 12.0. The highest BCUT2D eigenvalue weighted by atomic mass is 16.5. The summed E-state index contributed by atoms with van der Waals surface area (Å²) < 4.78 is 13.0. The number of benzene rings is 1. The molecule has 1 fully saturated rings. The van der Waals surface area contributed by atoms with Crippen molar-refractivity contribution in [1.82, 2.24) is 14.8 Å². The van der Waals surface area contributed by atoms with Crippen molar-refractivity contribution in [3.05, 3.63) is 66.1 Å². The van der Waals surface area contributed by atoms with E-state index < -0.39 is 0 Å². The number of nitrogens with two attached hydrogens (primary N) is 1. The third-order valence-electron chi connectivity index (χ3n) is 5.41. The van der Waals surface area contributed by atoms with Gasteiger partial charge >= 0.3 is 0 Å². The molecule has 3 N–H and O–H groups in total. The van der Waals surface area contributed by atoms with Crippen LogP contribution in [0.4, 0.5) is 5.82 Å². The number of nitrogens with one attached hydrogen (secondary N) is 1. The molecule has 1 saturated carbocycles. The van der Waals surface area contributed by atoms with Gasteiger partial charge in [0.2, 0.25) is 5.91 Å². The summed E-state index contributed by atoms with van der Waals surface area (Å²) in [6, 6.07) is 15.2. The van der Waals surface area contributed by atoms with E-state index in [0.717, 1.165) is 35.0 Å². The van der Waals surface area contributed by atoms with Gasteiger partial charge in [0.25, 0.3) is 5.88 Å². The summed E-state index contributed by atoms with van der Waals surface area (Å²) in [5.74, 6) is 1.75. The van der Waals surface area contributed by atoms with Crippen molar-refractivity contribution in [3.8, 4) is 17.0 Å². The Bertz CT molecular complexity index is 1230. The number of carbonyl (C=O) groups excluding carboxylic acids is 1. The van der Waals surface area contributed by atoms with Gasteiger partial charge in [0.05, 0.1) is 17.1 Å². The molecule has 0 saturated heterocycles. The molecule has 0 bridgehead atoms. The number of fused-ring (bicyclic) bond motifs is 1. The number of nitrogens with zero attached hydrogens (tertiary/aromatic N) is 3. The monoisotopic (exact) mass is 417 g/mol. The number of rotatable bonds is 7. The third kappa shape index (κ3) is 4.02. The normalized spacial score (nSPS) is 14.5. The van der Waals surface area contributed by atoms with E-state index in [0.29, 0.717) is 17.5 Å². The highest BCUT2D eigenvalue weighted by Crippen LogP contribution is 2.34. The second-order valence-corrected chi connectivity index (χ2v) is 7.83. The lowest BCUT2D eigenvalue weighted by molar-refractivity contribution is -0.117. The van der Waals surface area contributed by atoms with E-state index in [1.807, 2.05) is 61.7 Å². The van der Waals surface area contributed by atoms with Gasteiger partial charge in [-0.2, -0.15) is 5.10 Å². The van der Waals surface area contributed by atoms with E-state index in [2.05, 4.69) is 15.6 Å². The van der Waals surface area contributed by atoms with Crippen LogP contribution in [0.25, 0.3) is 16.6 Å². The van der Waals surface area contributed by atoms with Crippen LogP contribution in [0.3, 0.4) is 0 Å². The second kappa shape index (κ2) is 7.88. The molecule has 31 heavy (non-hydrogen) atoms. The number of carbonyl (C=O) groups is 1. The first-order valence-corrected chi connectivity index (χ1v) is 10.3. The number of aromatic nitrogens is 3. The van der Waals surface area contributed by atoms with Crippen molar-refractivity contribution < 1.29 is 14.1 Å². The summed E-state index contributed by atoms with van der Waals surface area (Å²) in [5, 5.41) is 11.4. The van der Waals surface area contributed by atoms with Crippen LogP contribution in [0.15, 0.2) is 59.3 Å². The van der Waals surface area contributed by atoms with Gasteiger partial charge in [0.1, 0.15) is 12.4 Å². The number of hydrogen-bond donors (Lipinski definition) is 2. The van der Waals surface area contributed by atoms with Crippen molar-refractivity contribution in [2.24, 2.45) is 11.7 Å². The molecule has 4 aromatic rings. The molecule has 0 spiro atoms. The van der Waals surface area contributed by atoms with Gasteiger partial charge in [-0.05, 0) is 48.2 Å². The lowest BCUT2D eigenvalue weighted by Gasteiger charge is -2.12. The lowest BCUT2D eigenvalue weighted by atomic mass is 10.1. The zero-order valence-electron chi connectivity index (χ0n) is 17.1. The van der Waals surface area contributed by atoms with Crippen molar-refractivity contribution in [1.29, 1.82) is 0 Å². The van der Waals surface area contributed by atoms with Crippen LogP contribution in [0.2, 0.25) is 0 Å². The second-order valence-electron chi connectivity index (χ2n) is 7.83. The average molecular weight is 417 g/mol. The summed E-state index contributed by atoms with van der Waals surface area (Å²) in [6.45, 7) is 2.11. The van der Waals surface area contributed by atoms with Gasteiger partial charge in [-0.3, -0.25) is 4.79 Å². The van der Waals surface area contributed by atoms with Crippen molar-refractivity contribution in [2.75, 3.05) is 11.9 Å². The summed E-state index contributed by atoms with van der Waals surface area (Å²) in [5.41, 5.74) is 9.74. The van der Waals surface area contributed by atoms with Crippen LogP contribution in [-0.2, 0) is 4.79 Å². The fourth-order valence-electron chi connectivity index (χ4n) is 3.53. The Kier molecular flexibility index (Phi) is 4.91. The number of pyridine rings is 1. The molecule has 3 aromatic heterocycles. The largest absolute Gasteiger partial charge is 0.473 e. The summed E-state index contributed by atoms with van der Waals surface area (Å²) in [4.78, 5) is 12.0. The summed E-state index contributed by atoms with van der Waals surface area (Å²) >= 11 is 0. The lowest BCUT2D eigenvalue weighted by Crippen LogP contribution is -2.19. The van der Waals surface area contributed by atoms with E-state index in [1.54, 1.807) is 4.52 Å².